The summed E-state index contributed by atoms with van der Waals surface area (Å²) in [7, 11) is 0. The van der Waals surface area contributed by atoms with Gasteiger partial charge >= 0.3 is 0 Å². The average molecular weight is 258 g/mol. The third-order valence-corrected chi connectivity index (χ3v) is 3.75. The lowest BCUT2D eigenvalue weighted by molar-refractivity contribution is -0.135. The normalized spacial score (nSPS) is 22.6. The minimum Gasteiger partial charge on any atom is -0.352 e. The first-order valence-corrected chi connectivity index (χ1v) is 6.88. The summed E-state index contributed by atoms with van der Waals surface area (Å²) >= 11 is 0. The Hall–Kier alpha value is -1.84. The van der Waals surface area contributed by atoms with Gasteiger partial charge in [0.2, 0.25) is 11.8 Å². The fraction of sp³-hybridized carbons (Fsp3) is 0.467. The van der Waals surface area contributed by atoms with E-state index in [1.54, 1.807) is 4.90 Å². The molecule has 1 aliphatic carbocycles. The molecular weight excluding hydrogens is 240 g/mol. The quantitative estimate of drug-likeness (QED) is 0.888. The number of amides is 2. The third kappa shape index (κ3) is 2.78. The molecule has 19 heavy (non-hydrogen) atoms. The van der Waals surface area contributed by atoms with Crippen molar-refractivity contribution >= 4 is 11.8 Å². The molecule has 1 saturated carbocycles. The van der Waals surface area contributed by atoms with Gasteiger partial charge in [-0.25, -0.2) is 0 Å². The first-order chi connectivity index (χ1) is 9.24. The van der Waals surface area contributed by atoms with Crippen LogP contribution in [-0.4, -0.2) is 28.8 Å². The van der Waals surface area contributed by atoms with E-state index in [0.717, 1.165) is 18.4 Å². The molecule has 1 saturated heterocycles. The van der Waals surface area contributed by atoms with Crippen molar-refractivity contribution in [1.29, 1.82) is 0 Å². The zero-order valence-corrected chi connectivity index (χ0v) is 10.8. The molecule has 0 aromatic heterocycles. The lowest BCUT2D eigenvalue weighted by Gasteiger charge is -2.24. The van der Waals surface area contributed by atoms with Gasteiger partial charge in [-0.05, 0) is 24.8 Å². The van der Waals surface area contributed by atoms with Crippen LogP contribution < -0.4 is 5.32 Å². The van der Waals surface area contributed by atoms with Crippen LogP contribution >= 0.6 is 0 Å². The van der Waals surface area contributed by atoms with E-state index in [9.17, 15) is 9.59 Å². The van der Waals surface area contributed by atoms with E-state index in [1.165, 1.54) is 0 Å². The van der Waals surface area contributed by atoms with Crippen molar-refractivity contribution in [1.82, 2.24) is 10.2 Å². The van der Waals surface area contributed by atoms with Gasteiger partial charge in [0, 0.05) is 19.0 Å². The van der Waals surface area contributed by atoms with E-state index in [1.807, 2.05) is 30.3 Å². The van der Waals surface area contributed by atoms with Crippen molar-refractivity contribution in [3.8, 4) is 0 Å². The zero-order chi connectivity index (χ0) is 13.2. The van der Waals surface area contributed by atoms with Gasteiger partial charge in [-0.1, -0.05) is 30.3 Å². The SMILES string of the molecule is O=C(NC1CC1)C1CCC(=O)N1Cc1ccccc1. The van der Waals surface area contributed by atoms with Gasteiger partial charge in [-0.15, -0.1) is 0 Å². The molecule has 0 radical (unpaired) electrons. The highest BCUT2D eigenvalue weighted by atomic mass is 16.2. The van der Waals surface area contributed by atoms with E-state index >= 15 is 0 Å². The first kappa shape index (κ1) is 12.2. The Balaban J connectivity index is 1.69. The van der Waals surface area contributed by atoms with Crippen LogP contribution in [0.1, 0.15) is 31.2 Å². The molecule has 2 aliphatic rings. The number of benzene rings is 1. The fourth-order valence-electron chi connectivity index (χ4n) is 2.51. The topological polar surface area (TPSA) is 49.4 Å². The van der Waals surface area contributed by atoms with Crippen molar-refractivity contribution < 1.29 is 9.59 Å². The summed E-state index contributed by atoms with van der Waals surface area (Å²) in [4.78, 5) is 25.8. The number of carbonyl (C=O) groups is 2. The molecule has 4 nitrogen and oxygen atoms in total. The molecule has 2 amide bonds. The molecule has 100 valence electrons. The van der Waals surface area contributed by atoms with Gasteiger partial charge in [0.15, 0.2) is 0 Å². The number of hydrogen-bond donors (Lipinski definition) is 1. The van der Waals surface area contributed by atoms with Gasteiger partial charge in [-0.3, -0.25) is 9.59 Å². The maximum atomic E-state index is 12.1. The summed E-state index contributed by atoms with van der Waals surface area (Å²) in [5, 5.41) is 3.00. The Bertz CT molecular complexity index is 482. The first-order valence-electron chi connectivity index (χ1n) is 6.88. The summed E-state index contributed by atoms with van der Waals surface area (Å²) in [6, 6.07) is 9.90. The summed E-state index contributed by atoms with van der Waals surface area (Å²) in [6.07, 6.45) is 3.27. The van der Waals surface area contributed by atoms with Gasteiger partial charge in [-0.2, -0.15) is 0 Å². The molecule has 4 heteroatoms. The Morgan fingerprint density at radius 1 is 1.21 bits per heavy atom. The van der Waals surface area contributed by atoms with Gasteiger partial charge in [0.1, 0.15) is 6.04 Å². The van der Waals surface area contributed by atoms with E-state index in [2.05, 4.69) is 5.32 Å². The van der Waals surface area contributed by atoms with Crippen molar-refractivity contribution in [2.24, 2.45) is 0 Å². The highest BCUT2D eigenvalue weighted by Gasteiger charge is 2.37. The minimum atomic E-state index is -0.284. The standard InChI is InChI=1S/C15H18N2O2/c18-14-9-8-13(15(19)16-12-6-7-12)17(14)10-11-4-2-1-3-5-11/h1-5,12-13H,6-10H2,(H,16,19). The molecular formula is C15H18N2O2. The van der Waals surface area contributed by atoms with Crippen molar-refractivity contribution in [2.75, 3.05) is 0 Å². The Morgan fingerprint density at radius 2 is 1.95 bits per heavy atom. The molecule has 0 bridgehead atoms. The zero-order valence-electron chi connectivity index (χ0n) is 10.8. The maximum Gasteiger partial charge on any atom is 0.243 e. The number of hydrogen-bond acceptors (Lipinski definition) is 2. The van der Waals surface area contributed by atoms with Crippen LogP contribution in [0.2, 0.25) is 0 Å². The summed E-state index contributed by atoms with van der Waals surface area (Å²) in [5.41, 5.74) is 1.07. The van der Waals surface area contributed by atoms with Crippen LogP contribution in [0, 0.1) is 0 Å². The molecule has 0 spiro atoms. The predicted molar refractivity (Wildman–Crippen MR) is 71.2 cm³/mol. The largest absolute Gasteiger partial charge is 0.352 e. The lowest BCUT2D eigenvalue weighted by atomic mass is 10.1. The second kappa shape index (κ2) is 5.03. The molecule has 1 N–H and O–H groups in total. The maximum absolute atomic E-state index is 12.1. The number of nitrogens with zero attached hydrogens (tertiary/aromatic N) is 1. The molecule has 1 atom stereocenters. The molecule has 1 unspecified atom stereocenters. The predicted octanol–water partition coefficient (Wildman–Crippen LogP) is 1.46. The van der Waals surface area contributed by atoms with Crippen LogP contribution in [0.4, 0.5) is 0 Å². The Kier molecular flexibility index (Phi) is 3.23. The minimum absolute atomic E-state index is 0.0179. The average Bonchev–Trinajstić information content (AvgIpc) is 3.15. The van der Waals surface area contributed by atoms with Crippen LogP contribution in [0.5, 0.6) is 0 Å². The molecule has 3 rings (SSSR count). The van der Waals surface area contributed by atoms with E-state index in [4.69, 9.17) is 0 Å². The van der Waals surface area contributed by atoms with Crippen LogP contribution in [0.3, 0.4) is 0 Å². The Labute approximate surface area is 112 Å². The van der Waals surface area contributed by atoms with Crippen molar-refractivity contribution in [3.05, 3.63) is 35.9 Å². The van der Waals surface area contributed by atoms with Crippen LogP contribution in [-0.2, 0) is 16.1 Å². The summed E-state index contributed by atoms with van der Waals surface area (Å²) in [6.45, 7) is 0.530. The van der Waals surface area contributed by atoms with Crippen LogP contribution in [0.15, 0.2) is 30.3 Å². The van der Waals surface area contributed by atoms with Gasteiger partial charge in [0.05, 0.1) is 0 Å². The summed E-state index contributed by atoms with van der Waals surface area (Å²) in [5.74, 6) is 0.101. The second-order valence-corrected chi connectivity index (χ2v) is 5.34. The van der Waals surface area contributed by atoms with Gasteiger partial charge in [0.25, 0.3) is 0 Å². The number of likely N-dealkylation sites (tertiary alicyclic amines) is 1. The van der Waals surface area contributed by atoms with E-state index in [0.29, 0.717) is 25.4 Å². The van der Waals surface area contributed by atoms with E-state index in [-0.39, 0.29) is 17.9 Å². The highest BCUT2D eigenvalue weighted by molar-refractivity contribution is 5.91. The number of nitrogens with one attached hydrogen (secondary N) is 1. The smallest absolute Gasteiger partial charge is 0.243 e. The van der Waals surface area contributed by atoms with Crippen molar-refractivity contribution in [3.63, 3.8) is 0 Å². The highest BCUT2D eigenvalue weighted by Crippen LogP contribution is 2.24. The van der Waals surface area contributed by atoms with Gasteiger partial charge < -0.3 is 10.2 Å². The monoisotopic (exact) mass is 258 g/mol. The number of carbonyl (C=O) groups excluding carboxylic acids is 2. The lowest BCUT2D eigenvalue weighted by Crippen LogP contribution is -2.45. The molecule has 2 fully saturated rings. The van der Waals surface area contributed by atoms with Crippen LogP contribution in [0.25, 0.3) is 0 Å². The molecule has 1 aromatic rings. The van der Waals surface area contributed by atoms with Crippen molar-refractivity contribution in [2.45, 2.75) is 44.3 Å². The molecule has 1 aliphatic heterocycles. The third-order valence-electron chi connectivity index (χ3n) is 3.75. The number of rotatable bonds is 4. The van der Waals surface area contributed by atoms with E-state index < -0.39 is 0 Å². The molecule has 1 heterocycles. The molecule has 1 aromatic carbocycles. The Morgan fingerprint density at radius 3 is 2.63 bits per heavy atom. The summed E-state index contributed by atoms with van der Waals surface area (Å²) < 4.78 is 0. The fourth-order valence-corrected chi connectivity index (χ4v) is 2.51. The second-order valence-electron chi connectivity index (χ2n) is 5.34.